The molecule has 1 rings (SSSR count). The molecule has 0 spiro atoms. The standard InChI is InChI=1S/C21H32OS/c1-17(9-7-10-18(2)14-16-22-23-6)12-13-20-19(3)11-8-15-21(20,4)5/h7,9-10,12-14H,8,11,15-16H2,1-6H3. The molecule has 0 radical (unpaired) electrons. The van der Waals surface area contributed by atoms with E-state index in [0.717, 1.165) is 0 Å². The van der Waals surface area contributed by atoms with E-state index >= 15 is 0 Å². The molecule has 128 valence electrons. The van der Waals surface area contributed by atoms with Crippen LogP contribution in [0.25, 0.3) is 0 Å². The van der Waals surface area contributed by atoms with Crippen molar-refractivity contribution in [3.8, 4) is 0 Å². The fraction of sp³-hybridized carbons (Fsp3) is 0.524. The Bertz CT molecular complexity index is 530. The van der Waals surface area contributed by atoms with Crippen molar-refractivity contribution in [2.45, 2.75) is 53.9 Å². The SMILES string of the molecule is CSOCC=C(C)C=CC=C(C)C=CC1=C(C)CCCC1(C)C. The van der Waals surface area contributed by atoms with Crippen LogP contribution in [-0.2, 0) is 4.18 Å². The fourth-order valence-corrected chi connectivity index (χ4v) is 3.14. The highest BCUT2D eigenvalue weighted by molar-refractivity contribution is 7.93. The molecule has 0 heterocycles. The van der Waals surface area contributed by atoms with Crippen LogP contribution >= 0.6 is 12.0 Å². The Morgan fingerprint density at radius 1 is 1.22 bits per heavy atom. The van der Waals surface area contributed by atoms with Gasteiger partial charge < -0.3 is 4.18 Å². The van der Waals surface area contributed by atoms with E-state index in [1.165, 1.54) is 48.0 Å². The Morgan fingerprint density at radius 3 is 2.61 bits per heavy atom. The van der Waals surface area contributed by atoms with E-state index in [0.29, 0.717) is 12.0 Å². The van der Waals surface area contributed by atoms with Crippen molar-refractivity contribution in [3.05, 3.63) is 58.7 Å². The Labute approximate surface area is 147 Å². The smallest absolute Gasteiger partial charge is 0.0800 e. The van der Waals surface area contributed by atoms with Crippen molar-refractivity contribution < 1.29 is 4.18 Å². The molecule has 0 aromatic heterocycles. The van der Waals surface area contributed by atoms with E-state index in [4.69, 9.17) is 4.18 Å². The lowest BCUT2D eigenvalue weighted by Crippen LogP contribution is -2.19. The highest BCUT2D eigenvalue weighted by atomic mass is 32.2. The molecule has 0 atom stereocenters. The lowest BCUT2D eigenvalue weighted by Gasteiger charge is -2.32. The molecule has 0 saturated carbocycles. The zero-order valence-corrected chi connectivity index (χ0v) is 16.4. The van der Waals surface area contributed by atoms with Crippen molar-refractivity contribution in [2.24, 2.45) is 5.41 Å². The molecule has 1 aliphatic rings. The Balaban J connectivity index is 2.67. The van der Waals surface area contributed by atoms with Gasteiger partial charge in [0.25, 0.3) is 0 Å². The first-order valence-corrected chi connectivity index (χ1v) is 9.57. The lowest BCUT2D eigenvalue weighted by atomic mass is 9.72. The molecule has 0 aliphatic heterocycles. The average Bonchev–Trinajstić information content (AvgIpc) is 2.46. The van der Waals surface area contributed by atoms with Crippen LogP contribution in [0.3, 0.4) is 0 Å². The van der Waals surface area contributed by atoms with Crippen LogP contribution in [0.5, 0.6) is 0 Å². The molecule has 0 N–H and O–H groups in total. The first-order valence-electron chi connectivity index (χ1n) is 8.42. The van der Waals surface area contributed by atoms with Crippen LogP contribution in [0.2, 0.25) is 0 Å². The number of hydrogen-bond donors (Lipinski definition) is 0. The fourth-order valence-electron chi connectivity index (χ4n) is 2.93. The van der Waals surface area contributed by atoms with Gasteiger partial charge in [-0.3, -0.25) is 0 Å². The summed E-state index contributed by atoms with van der Waals surface area (Å²) in [5, 5.41) is 0. The number of rotatable bonds is 7. The van der Waals surface area contributed by atoms with Gasteiger partial charge in [-0.05, 0) is 63.1 Å². The van der Waals surface area contributed by atoms with Gasteiger partial charge in [-0.15, -0.1) is 0 Å². The van der Waals surface area contributed by atoms with Gasteiger partial charge in [0.1, 0.15) is 0 Å². The molecule has 0 aromatic rings. The Morgan fingerprint density at radius 2 is 1.96 bits per heavy atom. The Hall–Kier alpha value is -0.990. The van der Waals surface area contributed by atoms with Crippen molar-refractivity contribution in [2.75, 3.05) is 12.9 Å². The molecule has 0 aromatic carbocycles. The number of allylic oxidation sites excluding steroid dienone is 9. The zero-order valence-electron chi connectivity index (χ0n) is 15.6. The minimum Gasteiger partial charge on any atom is -0.311 e. The van der Waals surface area contributed by atoms with Gasteiger partial charge in [-0.25, -0.2) is 0 Å². The minimum atomic E-state index is 0.311. The number of hydrogen-bond acceptors (Lipinski definition) is 2. The minimum absolute atomic E-state index is 0.311. The normalized spacial score (nSPS) is 20.1. The predicted octanol–water partition coefficient (Wildman–Crippen LogP) is 6.81. The van der Waals surface area contributed by atoms with E-state index < -0.39 is 0 Å². The van der Waals surface area contributed by atoms with Gasteiger partial charge in [0.2, 0.25) is 0 Å². The predicted molar refractivity (Wildman–Crippen MR) is 106 cm³/mol. The quantitative estimate of drug-likeness (QED) is 0.287. The maximum absolute atomic E-state index is 5.24. The molecule has 0 fully saturated rings. The van der Waals surface area contributed by atoms with E-state index in [9.17, 15) is 0 Å². The van der Waals surface area contributed by atoms with E-state index in [2.05, 4.69) is 71.1 Å². The van der Waals surface area contributed by atoms with Gasteiger partial charge in [0.15, 0.2) is 0 Å². The molecular weight excluding hydrogens is 300 g/mol. The van der Waals surface area contributed by atoms with Gasteiger partial charge in [-0.2, -0.15) is 0 Å². The summed E-state index contributed by atoms with van der Waals surface area (Å²) in [6.45, 7) is 11.9. The summed E-state index contributed by atoms with van der Waals surface area (Å²) in [5.41, 5.74) is 5.88. The van der Waals surface area contributed by atoms with Crippen LogP contribution < -0.4 is 0 Å². The van der Waals surface area contributed by atoms with E-state index in [1.807, 2.05) is 6.26 Å². The highest BCUT2D eigenvalue weighted by Gasteiger charge is 2.26. The third-order valence-corrected chi connectivity index (χ3v) is 4.74. The van der Waals surface area contributed by atoms with Crippen molar-refractivity contribution in [1.29, 1.82) is 0 Å². The molecule has 2 heteroatoms. The first kappa shape index (κ1) is 20.1. The van der Waals surface area contributed by atoms with Crippen LogP contribution in [0, 0.1) is 5.41 Å². The monoisotopic (exact) mass is 332 g/mol. The van der Waals surface area contributed by atoms with Gasteiger partial charge in [0.05, 0.1) is 6.61 Å². The summed E-state index contributed by atoms with van der Waals surface area (Å²) in [6, 6.07) is 0. The highest BCUT2D eigenvalue weighted by Crippen LogP contribution is 2.40. The molecular formula is C21H32OS. The maximum atomic E-state index is 5.24. The van der Waals surface area contributed by atoms with E-state index in [1.54, 1.807) is 5.57 Å². The molecule has 0 amide bonds. The third-order valence-electron chi connectivity index (χ3n) is 4.36. The third kappa shape index (κ3) is 7.41. The van der Waals surface area contributed by atoms with Crippen molar-refractivity contribution in [3.63, 3.8) is 0 Å². The van der Waals surface area contributed by atoms with Gasteiger partial charge >= 0.3 is 0 Å². The first-order chi connectivity index (χ1) is 10.9. The topological polar surface area (TPSA) is 9.23 Å². The molecule has 23 heavy (non-hydrogen) atoms. The van der Waals surface area contributed by atoms with Crippen molar-refractivity contribution in [1.82, 2.24) is 0 Å². The second-order valence-corrected chi connectivity index (χ2v) is 7.50. The van der Waals surface area contributed by atoms with Crippen LogP contribution in [-0.4, -0.2) is 12.9 Å². The van der Waals surface area contributed by atoms with E-state index in [-0.39, 0.29) is 0 Å². The van der Waals surface area contributed by atoms with Gasteiger partial charge in [0, 0.05) is 6.26 Å². The summed E-state index contributed by atoms with van der Waals surface area (Å²) in [4.78, 5) is 0. The summed E-state index contributed by atoms with van der Waals surface area (Å²) in [7, 11) is 0. The maximum Gasteiger partial charge on any atom is 0.0800 e. The summed E-state index contributed by atoms with van der Waals surface area (Å²) < 4.78 is 5.24. The van der Waals surface area contributed by atoms with Crippen LogP contribution in [0.15, 0.2) is 58.7 Å². The second-order valence-electron chi connectivity index (χ2n) is 6.93. The summed E-state index contributed by atoms with van der Waals surface area (Å²) >= 11 is 1.40. The largest absolute Gasteiger partial charge is 0.311 e. The molecule has 0 unspecified atom stereocenters. The summed E-state index contributed by atoms with van der Waals surface area (Å²) in [6.07, 6.45) is 18.8. The van der Waals surface area contributed by atoms with Crippen molar-refractivity contribution >= 4 is 12.0 Å². The zero-order chi connectivity index (χ0) is 17.3. The summed E-state index contributed by atoms with van der Waals surface area (Å²) in [5.74, 6) is 0. The molecule has 1 nitrogen and oxygen atoms in total. The lowest BCUT2D eigenvalue weighted by molar-refractivity contribution is 0.377. The van der Waals surface area contributed by atoms with Crippen LogP contribution in [0.1, 0.15) is 53.9 Å². The molecule has 0 saturated heterocycles. The van der Waals surface area contributed by atoms with Gasteiger partial charge in [-0.1, -0.05) is 67.0 Å². The Kier molecular flexibility index (Phi) is 8.72. The average molecular weight is 333 g/mol. The second kappa shape index (κ2) is 10.00. The molecule has 0 bridgehead atoms. The van der Waals surface area contributed by atoms with Crippen LogP contribution in [0.4, 0.5) is 0 Å². The molecule has 1 aliphatic carbocycles.